The highest BCUT2D eigenvalue weighted by Crippen LogP contribution is 2.14. The van der Waals surface area contributed by atoms with Gasteiger partial charge in [0, 0.05) is 6.04 Å². The van der Waals surface area contributed by atoms with Crippen molar-refractivity contribution in [3.63, 3.8) is 0 Å². The summed E-state index contributed by atoms with van der Waals surface area (Å²) in [6, 6.07) is 0.475. The van der Waals surface area contributed by atoms with Gasteiger partial charge < -0.3 is 9.84 Å². The monoisotopic (exact) mass is 201 g/mol. The van der Waals surface area contributed by atoms with Crippen LogP contribution in [0.1, 0.15) is 33.6 Å². The first-order valence-corrected chi connectivity index (χ1v) is 5.54. The van der Waals surface area contributed by atoms with Crippen molar-refractivity contribution in [1.82, 2.24) is 4.90 Å². The Kier molecular flexibility index (Phi) is 4.35. The minimum absolute atomic E-state index is 0.0831. The van der Waals surface area contributed by atoms with Gasteiger partial charge in [-0.1, -0.05) is 0 Å². The Hall–Kier alpha value is -0.120. The van der Waals surface area contributed by atoms with E-state index < -0.39 is 5.60 Å². The maximum Gasteiger partial charge on any atom is 0.0856 e. The molecule has 1 aliphatic heterocycles. The average molecular weight is 201 g/mol. The van der Waals surface area contributed by atoms with Gasteiger partial charge in [0.05, 0.1) is 18.8 Å². The highest BCUT2D eigenvalue weighted by molar-refractivity contribution is 4.74. The summed E-state index contributed by atoms with van der Waals surface area (Å²) in [5.74, 6) is 0. The van der Waals surface area contributed by atoms with Gasteiger partial charge in [0.15, 0.2) is 0 Å². The van der Waals surface area contributed by atoms with Crippen molar-refractivity contribution in [3.8, 4) is 0 Å². The molecule has 1 heterocycles. The number of aliphatic hydroxyl groups is 1. The maximum absolute atomic E-state index is 9.03. The van der Waals surface area contributed by atoms with E-state index in [-0.39, 0.29) is 6.61 Å². The van der Waals surface area contributed by atoms with Gasteiger partial charge in [-0.3, -0.25) is 4.90 Å². The lowest BCUT2D eigenvalue weighted by atomic mass is 10.1. The number of rotatable bonds is 5. The third-order valence-electron chi connectivity index (χ3n) is 2.86. The fourth-order valence-electron chi connectivity index (χ4n) is 1.68. The van der Waals surface area contributed by atoms with Crippen LogP contribution in [0.3, 0.4) is 0 Å². The molecule has 0 aromatic heterocycles. The Labute approximate surface area is 87.1 Å². The molecule has 0 aliphatic carbocycles. The van der Waals surface area contributed by atoms with Gasteiger partial charge in [-0.2, -0.15) is 0 Å². The van der Waals surface area contributed by atoms with Crippen LogP contribution in [-0.2, 0) is 4.74 Å². The van der Waals surface area contributed by atoms with Crippen LogP contribution in [-0.4, -0.2) is 48.0 Å². The molecule has 1 rings (SSSR count). The van der Waals surface area contributed by atoms with Crippen LogP contribution in [0.15, 0.2) is 0 Å². The summed E-state index contributed by atoms with van der Waals surface area (Å²) in [4.78, 5) is 2.45. The molecule has 0 aromatic rings. The van der Waals surface area contributed by atoms with Crippen molar-refractivity contribution < 1.29 is 9.84 Å². The molecule has 1 unspecified atom stereocenters. The molecular formula is C11H23NO2. The highest BCUT2D eigenvalue weighted by Gasteiger charge is 2.22. The molecule has 1 fully saturated rings. The second-order valence-corrected chi connectivity index (χ2v) is 4.82. The van der Waals surface area contributed by atoms with Gasteiger partial charge in [-0.05, 0) is 46.7 Å². The van der Waals surface area contributed by atoms with E-state index in [1.165, 1.54) is 25.9 Å². The number of likely N-dealkylation sites (tertiary alicyclic amines) is 1. The molecule has 0 bridgehead atoms. The Bertz CT molecular complexity index is 165. The number of hydrogen-bond donors (Lipinski definition) is 1. The van der Waals surface area contributed by atoms with Crippen molar-refractivity contribution in [1.29, 1.82) is 0 Å². The third-order valence-corrected chi connectivity index (χ3v) is 2.86. The third kappa shape index (κ3) is 3.56. The van der Waals surface area contributed by atoms with Crippen LogP contribution in [0.2, 0.25) is 0 Å². The molecule has 3 heteroatoms. The van der Waals surface area contributed by atoms with Crippen molar-refractivity contribution in [2.75, 3.05) is 26.3 Å². The van der Waals surface area contributed by atoms with E-state index in [4.69, 9.17) is 9.84 Å². The second-order valence-electron chi connectivity index (χ2n) is 4.82. The Morgan fingerprint density at radius 1 is 1.36 bits per heavy atom. The van der Waals surface area contributed by atoms with Crippen molar-refractivity contribution in [2.24, 2.45) is 0 Å². The Morgan fingerprint density at radius 3 is 2.43 bits per heavy atom. The molecule has 0 radical (unpaired) electrons. The van der Waals surface area contributed by atoms with Crippen LogP contribution in [0.5, 0.6) is 0 Å². The van der Waals surface area contributed by atoms with Crippen LogP contribution in [0, 0.1) is 0 Å². The summed E-state index contributed by atoms with van der Waals surface area (Å²) in [5.41, 5.74) is -0.395. The molecule has 1 N–H and O–H groups in total. The van der Waals surface area contributed by atoms with Crippen LogP contribution in [0.4, 0.5) is 0 Å². The first-order valence-electron chi connectivity index (χ1n) is 5.54. The standard InChI is InChI=1S/C11H23NO2/c1-10(12-6-4-5-7-12)8-14-11(2,3)9-13/h10,13H,4-9H2,1-3H3. The van der Waals surface area contributed by atoms with Crippen LogP contribution >= 0.6 is 0 Å². The molecule has 0 amide bonds. The molecule has 1 aliphatic rings. The van der Waals surface area contributed by atoms with Crippen molar-refractivity contribution in [2.45, 2.75) is 45.3 Å². The van der Waals surface area contributed by atoms with Gasteiger partial charge in [-0.25, -0.2) is 0 Å². The van der Waals surface area contributed by atoms with Gasteiger partial charge in [0.25, 0.3) is 0 Å². The van der Waals surface area contributed by atoms with Gasteiger partial charge >= 0.3 is 0 Å². The number of hydrogen-bond acceptors (Lipinski definition) is 3. The molecule has 0 saturated carbocycles. The Balaban J connectivity index is 2.23. The lowest BCUT2D eigenvalue weighted by molar-refractivity contribution is -0.0701. The van der Waals surface area contributed by atoms with E-state index in [0.717, 1.165) is 0 Å². The molecule has 1 saturated heterocycles. The number of nitrogens with zero attached hydrogens (tertiary/aromatic N) is 1. The fraction of sp³-hybridized carbons (Fsp3) is 1.00. The molecule has 1 atom stereocenters. The van der Waals surface area contributed by atoms with E-state index in [9.17, 15) is 0 Å². The van der Waals surface area contributed by atoms with Crippen LogP contribution in [0.25, 0.3) is 0 Å². The highest BCUT2D eigenvalue weighted by atomic mass is 16.5. The van der Waals surface area contributed by atoms with Crippen LogP contribution < -0.4 is 0 Å². The largest absolute Gasteiger partial charge is 0.393 e. The number of aliphatic hydroxyl groups excluding tert-OH is 1. The summed E-state index contributed by atoms with van der Waals surface area (Å²) in [6.45, 7) is 9.23. The summed E-state index contributed by atoms with van der Waals surface area (Å²) in [7, 11) is 0. The molecule has 84 valence electrons. The quantitative estimate of drug-likeness (QED) is 0.727. The van der Waals surface area contributed by atoms with E-state index in [1.54, 1.807) is 0 Å². The second kappa shape index (κ2) is 5.10. The topological polar surface area (TPSA) is 32.7 Å². The van der Waals surface area contributed by atoms with Crippen molar-refractivity contribution >= 4 is 0 Å². The maximum atomic E-state index is 9.03. The first-order chi connectivity index (χ1) is 6.55. The zero-order valence-electron chi connectivity index (χ0n) is 9.62. The van der Waals surface area contributed by atoms with Gasteiger partial charge in [-0.15, -0.1) is 0 Å². The first kappa shape index (κ1) is 12.0. The number of ether oxygens (including phenoxy) is 1. The smallest absolute Gasteiger partial charge is 0.0856 e. The summed E-state index contributed by atoms with van der Waals surface area (Å²) < 4.78 is 5.66. The minimum atomic E-state index is -0.395. The zero-order chi connectivity index (χ0) is 10.6. The predicted octanol–water partition coefficient (Wildman–Crippen LogP) is 1.26. The molecule has 0 spiro atoms. The van der Waals surface area contributed by atoms with E-state index in [0.29, 0.717) is 12.6 Å². The van der Waals surface area contributed by atoms with E-state index >= 15 is 0 Å². The lowest BCUT2D eigenvalue weighted by Crippen LogP contribution is -2.38. The minimum Gasteiger partial charge on any atom is -0.393 e. The van der Waals surface area contributed by atoms with E-state index in [1.807, 2.05) is 13.8 Å². The normalized spacial score (nSPS) is 21.4. The van der Waals surface area contributed by atoms with E-state index in [2.05, 4.69) is 11.8 Å². The molecular weight excluding hydrogens is 178 g/mol. The fourth-order valence-corrected chi connectivity index (χ4v) is 1.68. The lowest BCUT2D eigenvalue weighted by Gasteiger charge is -2.29. The summed E-state index contributed by atoms with van der Waals surface area (Å²) >= 11 is 0. The molecule has 3 nitrogen and oxygen atoms in total. The van der Waals surface area contributed by atoms with Gasteiger partial charge in [0.1, 0.15) is 0 Å². The molecule has 14 heavy (non-hydrogen) atoms. The Morgan fingerprint density at radius 2 is 1.93 bits per heavy atom. The molecule has 0 aromatic carbocycles. The average Bonchev–Trinajstić information content (AvgIpc) is 2.67. The van der Waals surface area contributed by atoms with Crippen molar-refractivity contribution in [3.05, 3.63) is 0 Å². The zero-order valence-corrected chi connectivity index (χ0v) is 9.62. The summed E-state index contributed by atoms with van der Waals surface area (Å²) in [6.07, 6.45) is 2.63. The van der Waals surface area contributed by atoms with Gasteiger partial charge in [0.2, 0.25) is 0 Å². The predicted molar refractivity (Wildman–Crippen MR) is 57.4 cm³/mol. The SMILES string of the molecule is CC(COC(C)(C)CO)N1CCCC1. The summed E-state index contributed by atoms with van der Waals surface area (Å²) in [5, 5.41) is 9.03.